The van der Waals surface area contributed by atoms with Crippen molar-refractivity contribution in [3.8, 4) is 27.9 Å². The van der Waals surface area contributed by atoms with Crippen LogP contribution in [0.15, 0.2) is 148 Å². The fourth-order valence-electron chi connectivity index (χ4n) is 11.7. The van der Waals surface area contributed by atoms with Crippen LogP contribution in [0.2, 0.25) is 0 Å². The molecule has 0 spiro atoms. The third-order valence-electron chi connectivity index (χ3n) is 14.6. The minimum Gasteiger partial charge on any atom is -0.456 e. The predicted molar refractivity (Wildman–Crippen MR) is 255 cm³/mol. The van der Waals surface area contributed by atoms with Crippen LogP contribution in [0.1, 0.15) is 56.9 Å². The molecule has 0 amide bonds. The van der Waals surface area contributed by atoms with E-state index in [1.807, 2.05) is 0 Å². The maximum atomic E-state index is 6.68. The standard InChI is InChI=1S/C56H41BN2O2/c1-30-23-40-37-24-38-34-14-8-11-17-48(34)61-51(38)29-46(37)59(32-21-19-31(20-22-32)55(2,3)4)57-44-27-43-36(33-13-7-10-16-42(33)56(43,5)6)26-47(44)58-45-28-50-39(35-15-9-12-18-49(35)60-50)25-41(45)52(30)54(58)53(40)57/h7-29H,1-6H3. The summed E-state index contributed by atoms with van der Waals surface area (Å²) in [6.45, 7) is 13.9. The SMILES string of the molecule is Cc1cc2c3c4c1c1cc5c(cc1n4-c1cc4c(cc1B3N(c1ccc(C(C)(C)C)cc1)c1cc3oc6ccccc6c3cc1-2)C(C)(C)c1ccccc1-4)oc1ccccc15. The number of furan rings is 2. The lowest BCUT2D eigenvalue weighted by Gasteiger charge is -2.42. The molecular weight excluding hydrogens is 743 g/mol. The summed E-state index contributed by atoms with van der Waals surface area (Å²) in [5.41, 5.74) is 22.6. The van der Waals surface area contributed by atoms with E-state index in [9.17, 15) is 0 Å². The fraction of sp³-hybridized carbons (Fsp3) is 0.143. The minimum absolute atomic E-state index is 0.0269. The van der Waals surface area contributed by atoms with Gasteiger partial charge in [-0.2, -0.15) is 0 Å². The van der Waals surface area contributed by atoms with Gasteiger partial charge in [0, 0.05) is 72.5 Å². The first-order valence-electron chi connectivity index (χ1n) is 21.6. The van der Waals surface area contributed by atoms with Gasteiger partial charge in [0.2, 0.25) is 0 Å². The highest BCUT2D eigenvalue weighted by Gasteiger charge is 2.47. The first-order valence-corrected chi connectivity index (χ1v) is 21.6. The van der Waals surface area contributed by atoms with Crippen molar-refractivity contribution >= 4 is 94.8 Å². The van der Waals surface area contributed by atoms with Crippen LogP contribution in [0.25, 0.3) is 93.6 Å². The first kappa shape index (κ1) is 33.8. The zero-order chi connectivity index (χ0) is 40.8. The smallest absolute Gasteiger partial charge is 0.333 e. The van der Waals surface area contributed by atoms with Gasteiger partial charge in [0.15, 0.2) is 0 Å². The molecule has 0 bridgehead atoms. The second-order valence-corrected chi connectivity index (χ2v) is 19.3. The van der Waals surface area contributed by atoms with Crippen LogP contribution in [-0.4, -0.2) is 11.4 Å². The lowest BCUT2D eigenvalue weighted by atomic mass is 9.43. The van der Waals surface area contributed by atoms with Gasteiger partial charge in [-0.3, -0.25) is 0 Å². The summed E-state index contributed by atoms with van der Waals surface area (Å²) in [5.74, 6) is 0. The number of benzene rings is 8. The van der Waals surface area contributed by atoms with Gasteiger partial charge < -0.3 is 18.2 Å². The molecule has 0 saturated heterocycles. The van der Waals surface area contributed by atoms with Crippen molar-refractivity contribution in [2.24, 2.45) is 0 Å². The van der Waals surface area contributed by atoms with Crippen LogP contribution in [0, 0.1) is 6.92 Å². The van der Waals surface area contributed by atoms with E-state index >= 15 is 0 Å². The first-order chi connectivity index (χ1) is 29.5. The Bertz CT molecular complexity index is 3800. The Labute approximate surface area is 353 Å². The average molecular weight is 785 g/mol. The zero-order valence-corrected chi connectivity index (χ0v) is 35.1. The van der Waals surface area contributed by atoms with E-state index in [-0.39, 0.29) is 17.7 Å². The van der Waals surface area contributed by atoms with Crippen molar-refractivity contribution in [3.05, 3.63) is 162 Å². The van der Waals surface area contributed by atoms with Crippen molar-refractivity contribution in [1.82, 2.24) is 4.57 Å². The second-order valence-electron chi connectivity index (χ2n) is 19.3. The minimum atomic E-state index is -0.169. The third-order valence-corrected chi connectivity index (χ3v) is 14.6. The number of fused-ring (bicyclic) bond motifs is 17. The highest BCUT2D eigenvalue weighted by molar-refractivity contribution is 6.93. The Morgan fingerprint density at radius 2 is 1.21 bits per heavy atom. The lowest BCUT2D eigenvalue weighted by molar-refractivity contribution is 0.590. The lowest BCUT2D eigenvalue weighted by Crippen LogP contribution is -2.60. The van der Waals surface area contributed by atoms with Crippen LogP contribution in [-0.2, 0) is 10.8 Å². The van der Waals surface area contributed by atoms with Gasteiger partial charge >= 0.3 is 6.85 Å². The number of hydrogen-bond acceptors (Lipinski definition) is 3. The molecule has 3 aromatic heterocycles. The van der Waals surface area contributed by atoms with Gasteiger partial charge in [0.1, 0.15) is 22.3 Å². The summed E-state index contributed by atoms with van der Waals surface area (Å²) in [6, 6.07) is 52.3. The fourth-order valence-corrected chi connectivity index (χ4v) is 11.7. The van der Waals surface area contributed by atoms with Gasteiger partial charge in [-0.25, -0.2) is 0 Å². The van der Waals surface area contributed by atoms with Gasteiger partial charge in [0.05, 0.1) is 11.0 Å². The maximum Gasteiger partial charge on any atom is 0.333 e. The molecule has 3 aliphatic rings. The van der Waals surface area contributed by atoms with E-state index in [0.29, 0.717) is 0 Å². The molecule has 0 unspecified atom stereocenters. The molecule has 8 aromatic carbocycles. The monoisotopic (exact) mass is 784 g/mol. The summed E-state index contributed by atoms with van der Waals surface area (Å²) < 4.78 is 15.9. The largest absolute Gasteiger partial charge is 0.456 e. The second kappa shape index (κ2) is 11.0. The Morgan fingerprint density at radius 1 is 0.541 bits per heavy atom. The molecule has 0 N–H and O–H groups in total. The molecule has 4 nitrogen and oxygen atoms in total. The van der Waals surface area contributed by atoms with Crippen LogP contribution in [0.3, 0.4) is 0 Å². The molecule has 5 heteroatoms. The third kappa shape index (κ3) is 4.17. The number of anilines is 2. The van der Waals surface area contributed by atoms with E-state index in [2.05, 4.69) is 190 Å². The molecule has 61 heavy (non-hydrogen) atoms. The molecule has 2 aliphatic heterocycles. The molecule has 0 radical (unpaired) electrons. The van der Waals surface area contributed by atoms with Gasteiger partial charge in [-0.15, -0.1) is 0 Å². The Balaban J connectivity index is 1.18. The number of aromatic nitrogens is 1. The van der Waals surface area contributed by atoms with E-state index in [4.69, 9.17) is 8.83 Å². The van der Waals surface area contributed by atoms with Gasteiger partial charge in [-0.05, 0) is 105 Å². The van der Waals surface area contributed by atoms with E-state index < -0.39 is 0 Å². The van der Waals surface area contributed by atoms with Crippen molar-refractivity contribution in [3.63, 3.8) is 0 Å². The molecule has 290 valence electrons. The summed E-state index contributed by atoms with van der Waals surface area (Å²) in [7, 11) is 0. The number of para-hydroxylation sites is 2. The van der Waals surface area contributed by atoms with Crippen LogP contribution in [0.4, 0.5) is 11.4 Å². The normalized spacial score (nSPS) is 14.8. The van der Waals surface area contributed by atoms with Gasteiger partial charge in [-0.1, -0.05) is 120 Å². The molecule has 0 atom stereocenters. The van der Waals surface area contributed by atoms with Crippen molar-refractivity contribution in [2.75, 3.05) is 4.81 Å². The topological polar surface area (TPSA) is 34.5 Å². The molecule has 0 fully saturated rings. The van der Waals surface area contributed by atoms with Gasteiger partial charge in [0.25, 0.3) is 0 Å². The number of hydrogen-bond donors (Lipinski definition) is 0. The zero-order valence-electron chi connectivity index (χ0n) is 35.1. The molecule has 11 aromatic rings. The summed E-state index contributed by atoms with van der Waals surface area (Å²) in [5, 5.41) is 7.14. The number of nitrogens with zero attached hydrogens (tertiary/aromatic N) is 2. The van der Waals surface area contributed by atoms with Crippen LogP contribution < -0.4 is 15.7 Å². The number of rotatable bonds is 1. The van der Waals surface area contributed by atoms with Crippen molar-refractivity contribution in [1.29, 1.82) is 0 Å². The maximum absolute atomic E-state index is 6.68. The van der Waals surface area contributed by atoms with Crippen molar-refractivity contribution in [2.45, 2.75) is 52.4 Å². The van der Waals surface area contributed by atoms with E-state index in [0.717, 1.165) is 55.3 Å². The molecule has 1 aliphatic carbocycles. The highest BCUT2D eigenvalue weighted by atomic mass is 16.3. The Morgan fingerprint density at radius 3 is 1.95 bits per heavy atom. The van der Waals surface area contributed by atoms with Crippen molar-refractivity contribution < 1.29 is 8.83 Å². The summed E-state index contributed by atoms with van der Waals surface area (Å²) >= 11 is 0. The summed E-state index contributed by atoms with van der Waals surface area (Å²) in [6.07, 6.45) is 0. The molecule has 5 heterocycles. The van der Waals surface area contributed by atoms with E-state index in [1.165, 1.54) is 82.9 Å². The molecule has 14 rings (SSSR count). The predicted octanol–water partition coefficient (Wildman–Crippen LogP) is 13.7. The van der Waals surface area contributed by atoms with E-state index in [1.54, 1.807) is 0 Å². The number of aryl methyl sites for hydroxylation is 1. The Hall–Kier alpha value is -6.98. The quantitative estimate of drug-likeness (QED) is 0.156. The molecule has 0 saturated carbocycles. The molecular formula is C56H41BN2O2. The van der Waals surface area contributed by atoms with Crippen LogP contribution in [0.5, 0.6) is 0 Å². The average Bonchev–Trinajstić information content (AvgIpc) is 3.98. The summed E-state index contributed by atoms with van der Waals surface area (Å²) in [4.78, 5) is 2.63. The van der Waals surface area contributed by atoms with Crippen LogP contribution >= 0.6 is 0 Å². The Kier molecular flexibility index (Phi) is 6.12. The highest BCUT2D eigenvalue weighted by Crippen LogP contribution is 2.53.